The number of rotatable bonds is 4. The molecule has 0 aliphatic rings. The maximum atomic E-state index is 5.07. The van der Waals surface area contributed by atoms with Crippen LogP contribution in [0.15, 0.2) is 16.2 Å². The lowest BCUT2D eigenvalue weighted by Gasteiger charge is -2.16. The Morgan fingerprint density at radius 3 is 2.44 bits per heavy atom. The Bertz CT molecular complexity index is 397. The van der Waals surface area contributed by atoms with Crippen molar-refractivity contribution in [1.82, 2.24) is 5.16 Å². The Hall–Kier alpha value is -0.350. The molecule has 0 aliphatic heterocycles. The lowest BCUT2D eigenvalue weighted by Crippen LogP contribution is -2.11. The van der Waals surface area contributed by atoms with Crippen LogP contribution in [0.3, 0.4) is 0 Å². The first-order valence-electron chi connectivity index (χ1n) is 6.10. The van der Waals surface area contributed by atoms with Crippen molar-refractivity contribution >= 4 is 27.7 Å². The van der Waals surface area contributed by atoms with E-state index in [0.717, 1.165) is 17.0 Å². The largest absolute Gasteiger partial charge is 0.364 e. The maximum Gasteiger partial charge on any atom is 0.128 e. The van der Waals surface area contributed by atoms with Crippen LogP contribution in [0.25, 0.3) is 6.08 Å². The van der Waals surface area contributed by atoms with E-state index < -0.39 is 0 Å². The van der Waals surface area contributed by atoms with Crippen molar-refractivity contribution in [3.63, 3.8) is 0 Å². The molecule has 18 heavy (non-hydrogen) atoms. The molecular weight excluding hydrogens is 262 g/mol. The van der Waals surface area contributed by atoms with Gasteiger partial charge in [-0.05, 0) is 22.3 Å². The summed E-state index contributed by atoms with van der Waals surface area (Å²) in [7, 11) is 3.62. The topological polar surface area (TPSA) is 26.0 Å². The zero-order chi connectivity index (χ0) is 13.8. The molecule has 0 amide bonds. The zero-order valence-corrected chi connectivity index (χ0v) is 13.7. The van der Waals surface area contributed by atoms with Crippen molar-refractivity contribution in [3.8, 4) is 0 Å². The Kier molecular flexibility index (Phi) is 5.41. The van der Waals surface area contributed by atoms with Crippen molar-refractivity contribution in [3.05, 3.63) is 22.9 Å². The van der Waals surface area contributed by atoms with Crippen molar-refractivity contribution in [2.24, 2.45) is 5.41 Å². The first-order chi connectivity index (χ1) is 8.20. The number of hydrogen-bond acceptors (Lipinski definition) is 4. The molecule has 1 rings (SSSR count). The van der Waals surface area contributed by atoms with Crippen LogP contribution in [0.5, 0.6) is 0 Å². The van der Waals surface area contributed by atoms with Crippen molar-refractivity contribution in [2.45, 2.75) is 47.0 Å². The van der Waals surface area contributed by atoms with E-state index in [1.54, 1.807) is 17.1 Å². The van der Waals surface area contributed by atoms with Crippen molar-refractivity contribution in [2.75, 3.05) is 5.75 Å². The van der Waals surface area contributed by atoms with Gasteiger partial charge in [0.25, 0.3) is 0 Å². The summed E-state index contributed by atoms with van der Waals surface area (Å²) >= 11 is 0. The highest BCUT2D eigenvalue weighted by Crippen LogP contribution is 2.32. The van der Waals surface area contributed by atoms with Crippen LogP contribution >= 0.6 is 21.6 Å². The number of hydrogen-bond donors (Lipinski definition) is 0. The molecule has 0 atom stereocenters. The van der Waals surface area contributed by atoms with Gasteiger partial charge in [-0.2, -0.15) is 0 Å². The molecule has 0 aliphatic carbocycles. The Morgan fingerprint density at radius 2 is 1.89 bits per heavy atom. The normalized spacial score (nSPS) is 13.4. The van der Waals surface area contributed by atoms with Gasteiger partial charge < -0.3 is 4.52 Å². The van der Waals surface area contributed by atoms with Gasteiger partial charge in [0.05, 0.1) is 0 Å². The van der Waals surface area contributed by atoms with Crippen LogP contribution < -0.4 is 0 Å². The van der Waals surface area contributed by atoms with Gasteiger partial charge in [0.2, 0.25) is 0 Å². The SMILES string of the molecule is CC(C)(C)CSS/C=C\c1nocc1C(C)(C)C. The molecule has 0 saturated heterocycles. The highest BCUT2D eigenvalue weighted by atomic mass is 33.1. The van der Waals surface area contributed by atoms with E-state index in [4.69, 9.17) is 4.52 Å². The van der Waals surface area contributed by atoms with Crippen LogP contribution in [0.4, 0.5) is 0 Å². The molecule has 1 aromatic rings. The monoisotopic (exact) mass is 285 g/mol. The van der Waals surface area contributed by atoms with Crippen LogP contribution in [-0.2, 0) is 5.41 Å². The van der Waals surface area contributed by atoms with Gasteiger partial charge in [-0.25, -0.2) is 0 Å². The van der Waals surface area contributed by atoms with Gasteiger partial charge in [0.1, 0.15) is 12.0 Å². The summed E-state index contributed by atoms with van der Waals surface area (Å²) in [6, 6.07) is 0. The second kappa shape index (κ2) is 6.20. The molecule has 0 radical (unpaired) electrons. The Balaban J connectivity index is 2.51. The minimum Gasteiger partial charge on any atom is -0.364 e. The predicted molar refractivity (Wildman–Crippen MR) is 83.7 cm³/mol. The summed E-state index contributed by atoms with van der Waals surface area (Å²) in [5.74, 6) is 1.13. The zero-order valence-electron chi connectivity index (χ0n) is 12.1. The number of aromatic nitrogens is 1. The maximum absolute atomic E-state index is 5.07. The summed E-state index contributed by atoms with van der Waals surface area (Å²) in [6.45, 7) is 13.2. The molecule has 0 spiro atoms. The molecule has 1 heterocycles. The van der Waals surface area contributed by atoms with Gasteiger partial charge in [0, 0.05) is 11.3 Å². The molecule has 2 nitrogen and oxygen atoms in total. The fourth-order valence-corrected chi connectivity index (χ4v) is 3.62. The summed E-state index contributed by atoms with van der Waals surface area (Å²) in [4.78, 5) is 0. The molecule has 0 aromatic carbocycles. The minimum absolute atomic E-state index is 0.0723. The fraction of sp³-hybridized carbons (Fsp3) is 0.643. The molecule has 4 heteroatoms. The molecule has 0 unspecified atom stereocenters. The smallest absolute Gasteiger partial charge is 0.128 e. The fourth-order valence-electron chi connectivity index (χ4n) is 1.27. The van der Waals surface area contributed by atoms with Gasteiger partial charge in [-0.3, -0.25) is 0 Å². The quantitative estimate of drug-likeness (QED) is 0.548. The average Bonchev–Trinajstić information content (AvgIpc) is 2.62. The molecule has 102 valence electrons. The highest BCUT2D eigenvalue weighted by molar-refractivity contribution is 8.77. The molecule has 0 bridgehead atoms. The molecule has 0 saturated carbocycles. The van der Waals surface area contributed by atoms with E-state index in [1.165, 1.54) is 0 Å². The first-order valence-corrected chi connectivity index (χ1v) is 8.48. The van der Waals surface area contributed by atoms with E-state index >= 15 is 0 Å². The predicted octanol–water partition coefficient (Wildman–Crippen LogP) is 5.37. The van der Waals surface area contributed by atoms with Crippen molar-refractivity contribution < 1.29 is 4.52 Å². The van der Waals surface area contributed by atoms with E-state index in [0.29, 0.717) is 5.41 Å². The summed E-state index contributed by atoms with van der Waals surface area (Å²) in [5, 5.41) is 6.13. The molecule has 0 fully saturated rings. The first kappa shape index (κ1) is 15.7. The summed E-state index contributed by atoms with van der Waals surface area (Å²) < 4.78 is 5.07. The lowest BCUT2D eigenvalue weighted by molar-refractivity contribution is 0.415. The van der Waals surface area contributed by atoms with E-state index in [1.807, 2.05) is 16.9 Å². The van der Waals surface area contributed by atoms with E-state index in [9.17, 15) is 0 Å². The second-order valence-electron chi connectivity index (χ2n) is 6.59. The third kappa shape index (κ3) is 5.53. The third-order valence-corrected chi connectivity index (χ3v) is 4.71. The van der Waals surface area contributed by atoms with Crippen LogP contribution in [-0.4, -0.2) is 10.9 Å². The molecule has 0 N–H and O–H groups in total. The van der Waals surface area contributed by atoms with Crippen LogP contribution in [0.1, 0.15) is 52.8 Å². The van der Waals surface area contributed by atoms with Gasteiger partial charge in [-0.15, -0.1) is 0 Å². The van der Waals surface area contributed by atoms with E-state index in [-0.39, 0.29) is 5.41 Å². The molecule has 1 aromatic heterocycles. The van der Waals surface area contributed by atoms with Gasteiger partial charge in [0.15, 0.2) is 0 Å². The van der Waals surface area contributed by atoms with Crippen molar-refractivity contribution in [1.29, 1.82) is 0 Å². The highest BCUT2D eigenvalue weighted by Gasteiger charge is 2.19. The molecular formula is C14H23NOS2. The lowest BCUT2D eigenvalue weighted by atomic mass is 9.87. The van der Waals surface area contributed by atoms with Gasteiger partial charge >= 0.3 is 0 Å². The van der Waals surface area contributed by atoms with E-state index in [2.05, 4.69) is 52.1 Å². The number of nitrogens with zero attached hydrogens (tertiary/aromatic N) is 1. The minimum atomic E-state index is 0.0723. The summed E-state index contributed by atoms with van der Waals surface area (Å²) in [5.41, 5.74) is 2.53. The van der Waals surface area contributed by atoms with Crippen LogP contribution in [0.2, 0.25) is 0 Å². The standard InChI is InChI=1S/C14H23NOS2/c1-13(2,3)10-18-17-8-7-12-11(9-16-15-12)14(4,5)6/h7-9H,10H2,1-6H3/b8-7-. The second-order valence-corrected chi connectivity index (χ2v) is 8.86. The third-order valence-electron chi connectivity index (χ3n) is 2.25. The average molecular weight is 285 g/mol. The summed E-state index contributed by atoms with van der Waals surface area (Å²) in [6.07, 6.45) is 3.77. The Labute approximate surface area is 118 Å². The van der Waals surface area contributed by atoms with Crippen LogP contribution in [0, 0.1) is 5.41 Å². The van der Waals surface area contributed by atoms with Gasteiger partial charge in [-0.1, -0.05) is 68.3 Å². The Morgan fingerprint density at radius 1 is 1.22 bits per heavy atom.